The summed E-state index contributed by atoms with van der Waals surface area (Å²) in [7, 11) is 0. The Hall–Kier alpha value is -2.86. The van der Waals surface area contributed by atoms with Crippen LogP contribution in [0, 0.1) is 0 Å². The SMILES string of the molecule is CCC(C)Oc1ccc(C(=O)Nc2ccccc2C(=O)N2CCOCC2)cc1. The van der Waals surface area contributed by atoms with Crippen LogP contribution in [0.25, 0.3) is 0 Å². The predicted octanol–water partition coefficient (Wildman–Crippen LogP) is 3.59. The van der Waals surface area contributed by atoms with Gasteiger partial charge in [0.1, 0.15) is 5.75 Å². The van der Waals surface area contributed by atoms with Gasteiger partial charge in [-0.3, -0.25) is 9.59 Å². The number of nitrogens with zero attached hydrogens (tertiary/aromatic N) is 1. The number of hydrogen-bond donors (Lipinski definition) is 1. The summed E-state index contributed by atoms with van der Waals surface area (Å²) in [5, 5.41) is 2.86. The maximum atomic E-state index is 12.8. The van der Waals surface area contributed by atoms with Gasteiger partial charge in [-0.15, -0.1) is 0 Å². The molecule has 0 aromatic heterocycles. The van der Waals surface area contributed by atoms with E-state index in [0.29, 0.717) is 43.1 Å². The summed E-state index contributed by atoms with van der Waals surface area (Å²) in [6.45, 7) is 6.24. The van der Waals surface area contributed by atoms with Crippen LogP contribution in [-0.4, -0.2) is 49.1 Å². The van der Waals surface area contributed by atoms with E-state index in [4.69, 9.17) is 9.47 Å². The number of ether oxygens (including phenoxy) is 2. The topological polar surface area (TPSA) is 67.9 Å². The van der Waals surface area contributed by atoms with Gasteiger partial charge in [0.15, 0.2) is 0 Å². The number of para-hydroxylation sites is 1. The van der Waals surface area contributed by atoms with Gasteiger partial charge in [0, 0.05) is 18.7 Å². The zero-order valence-corrected chi connectivity index (χ0v) is 16.3. The standard InChI is InChI=1S/C22H26N2O4/c1-3-16(2)28-18-10-8-17(9-11-18)21(25)23-20-7-5-4-6-19(20)22(26)24-12-14-27-15-13-24/h4-11,16H,3,12-15H2,1-2H3,(H,23,25). The summed E-state index contributed by atoms with van der Waals surface area (Å²) < 4.78 is 11.0. The number of carbonyl (C=O) groups is 2. The molecule has 148 valence electrons. The molecule has 0 aliphatic carbocycles. The molecule has 2 amide bonds. The van der Waals surface area contributed by atoms with Gasteiger partial charge in [0.2, 0.25) is 0 Å². The Morgan fingerprint density at radius 2 is 1.79 bits per heavy atom. The lowest BCUT2D eigenvalue weighted by atomic mass is 10.1. The quantitative estimate of drug-likeness (QED) is 0.829. The fourth-order valence-electron chi connectivity index (χ4n) is 2.91. The van der Waals surface area contributed by atoms with E-state index in [1.807, 2.05) is 6.92 Å². The van der Waals surface area contributed by atoms with Crippen LogP contribution in [0.4, 0.5) is 5.69 Å². The van der Waals surface area contributed by atoms with Gasteiger partial charge in [-0.05, 0) is 49.7 Å². The van der Waals surface area contributed by atoms with Crippen LogP contribution < -0.4 is 10.1 Å². The molecule has 1 heterocycles. The number of carbonyl (C=O) groups excluding carboxylic acids is 2. The molecule has 1 aliphatic heterocycles. The average Bonchev–Trinajstić information content (AvgIpc) is 2.74. The van der Waals surface area contributed by atoms with E-state index in [1.54, 1.807) is 53.4 Å². The Bertz CT molecular complexity index is 814. The fraction of sp³-hybridized carbons (Fsp3) is 0.364. The number of nitrogens with one attached hydrogen (secondary N) is 1. The van der Waals surface area contributed by atoms with Crippen LogP contribution in [0.15, 0.2) is 48.5 Å². The number of hydrogen-bond acceptors (Lipinski definition) is 4. The largest absolute Gasteiger partial charge is 0.491 e. The van der Waals surface area contributed by atoms with Gasteiger partial charge in [-0.1, -0.05) is 19.1 Å². The highest BCUT2D eigenvalue weighted by Gasteiger charge is 2.21. The van der Waals surface area contributed by atoms with Gasteiger partial charge in [-0.25, -0.2) is 0 Å². The van der Waals surface area contributed by atoms with Gasteiger partial charge in [0.25, 0.3) is 11.8 Å². The summed E-state index contributed by atoms with van der Waals surface area (Å²) >= 11 is 0. The molecule has 6 heteroatoms. The Balaban J connectivity index is 1.71. The van der Waals surface area contributed by atoms with E-state index in [9.17, 15) is 9.59 Å². The van der Waals surface area contributed by atoms with E-state index in [0.717, 1.165) is 12.2 Å². The van der Waals surface area contributed by atoms with Crippen molar-refractivity contribution in [2.75, 3.05) is 31.6 Å². The van der Waals surface area contributed by atoms with Crippen molar-refractivity contribution in [1.29, 1.82) is 0 Å². The van der Waals surface area contributed by atoms with Crippen LogP contribution in [0.2, 0.25) is 0 Å². The molecule has 1 unspecified atom stereocenters. The summed E-state index contributed by atoms with van der Waals surface area (Å²) in [6.07, 6.45) is 1.04. The molecular formula is C22H26N2O4. The lowest BCUT2D eigenvalue weighted by molar-refractivity contribution is 0.0303. The van der Waals surface area contributed by atoms with Crippen molar-refractivity contribution >= 4 is 17.5 Å². The lowest BCUT2D eigenvalue weighted by Gasteiger charge is -2.27. The third-order valence-electron chi connectivity index (χ3n) is 4.73. The molecule has 0 radical (unpaired) electrons. The summed E-state index contributed by atoms with van der Waals surface area (Å²) in [5.74, 6) is 0.364. The highest BCUT2D eigenvalue weighted by molar-refractivity contribution is 6.09. The summed E-state index contributed by atoms with van der Waals surface area (Å²) in [4.78, 5) is 27.2. The van der Waals surface area contributed by atoms with E-state index in [1.165, 1.54) is 0 Å². The third kappa shape index (κ3) is 4.89. The lowest BCUT2D eigenvalue weighted by Crippen LogP contribution is -2.41. The Morgan fingerprint density at radius 3 is 2.46 bits per heavy atom. The first-order chi connectivity index (χ1) is 13.6. The van der Waals surface area contributed by atoms with Crippen LogP contribution >= 0.6 is 0 Å². The maximum Gasteiger partial charge on any atom is 0.256 e. The van der Waals surface area contributed by atoms with Crippen molar-refractivity contribution < 1.29 is 19.1 Å². The van der Waals surface area contributed by atoms with E-state index < -0.39 is 0 Å². The van der Waals surface area contributed by atoms with Gasteiger partial charge >= 0.3 is 0 Å². The van der Waals surface area contributed by atoms with Crippen molar-refractivity contribution in [1.82, 2.24) is 4.90 Å². The van der Waals surface area contributed by atoms with Crippen LogP contribution in [0.3, 0.4) is 0 Å². The van der Waals surface area contributed by atoms with Crippen molar-refractivity contribution in [2.45, 2.75) is 26.4 Å². The average molecular weight is 382 g/mol. The summed E-state index contributed by atoms with van der Waals surface area (Å²) in [6, 6.07) is 14.1. The second kappa shape index (κ2) is 9.37. The predicted molar refractivity (Wildman–Crippen MR) is 108 cm³/mol. The molecule has 0 saturated carbocycles. The number of amides is 2. The number of morpholine rings is 1. The van der Waals surface area contributed by atoms with Gasteiger partial charge in [0.05, 0.1) is 30.6 Å². The molecule has 1 N–H and O–H groups in total. The minimum Gasteiger partial charge on any atom is -0.491 e. The van der Waals surface area contributed by atoms with E-state index in [2.05, 4.69) is 12.2 Å². The first kappa shape index (κ1) is 19.9. The molecule has 3 rings (SSSR count). The number of rotatable bonds is 6. The fourth-order valence-corrected chi connectivity index (χ4v) is 2.91. The number of benzene rings is 2. The zero-order chi connectivity index (χ0) is 19.9. The molecule has 28 heavy (non-hydrogen) atoms. The van der Waals surface area contributed by atoms with Crippen molar-refractivity contribution in [3.05, 3.63) is 59.7 Å². The molecule has 0 bridgehead atoms. The maximum absolute atomic E-state index is 12.8. The Labute approximate surface area is 165 Å². The second-order valence-electron chi connectivity index (χ2n) is 6.77. The van der Waals surface area contributed by atoms with Crippen molar-refractivity contribution in [2.24, 2.45) is 0 Å². The van der Waals surface area contributed by atoms with Crippen LogP contribution in [-0.2, 0) is 4.74 Å². The molecule has 6 nitrogen and oxygen atoms in total. The minimum atomic E-state index is -0.266. The van der Waals surface area contributed by atoms with E-state index in [-0.39, 0.29) is 17.9 Å². The minimum absolute atomic E-state index is 0.100. The van der Waals surface area contributed by atoms with Crippen LogP contribution in [0.1, 0.15) is 41.0 Å². The molecular weight excluding hydrogens is 356 g/mol. The van der Waals surface area contributed by atoms with Gasteiger partial charge in [-0.2, -0.15) is 0 Å². The van der Waals surface area contributed by atoms with E-state index >= 15 is 0 Å². The van der Waals surface area contributed by atoms with Crippen LogP contribution in [0.5, 0.6) is 5.75 Å². The Kier molecular flexibility index (Phi) is 6.66. The Morgan fingerprint density at radius 1 is 1.11 bits per heavy atom. The summed E-state index contributed by atoms with van der Waals surface area (Å²) in [5.41, 5.74) is 1.49. The monoisotopic (exact) mass is 382 g/mol. The normalized spacial score (nSPS) is 15.0. The molecule has 2 aromatic carbocycles. The molecule has 0 spiro atoms. The first-order valence-corrected chi connectivity index (χ1v) is 9.62. The zero-order valence-electron chi connectivity index (χ0n) is 16.3. The molecule has 1 fully saturated rings. The first-order valence-electron chi connectivity index (χ1n) is 9.62. The molecule has 1 saturated heterocycles. The highest BCUT2D eigenvalue weighted by atomic mass is 16.5. The smallest absolute Gasteiger partial charge is 0.256 e. The highest BCUT2D eigenvalue weighted by Crippen LogP contribution is 2.20. The third-order valence-corrected chi connectivity index (χ3v) is 4.73. The van der Waals surface area contributed by atoms with Gasteiger partial charge < -0.3 is 19.7 Å². The van der Waals surface area contributed by atoms with Crippen molar-refractivity contribution in [3.8, 4) is 5.75 Å². The number of anilines is 1. The molecule has 1 atom stereocenters. The second-order valence-corrected chi connectivity index (χ2v) is 6.77. The molecule has 1 aliphatic rings. The van der Waals surface area contributed by atoms with Crippen molar-refractivity contribution in [3.63, 3.8) is 0 Å². The molecule has 2 aromatic rings.